The zero-order valence-corrected chi connectivity index (χ0v) is 8.25. The summed E-state index contributed by atoms with van der Waals surface area (Å²) in [5.74, 6) is 0.154. The molecular formula is C9H19N3O. The first-order valence-electron chi connectivity index (χ1n) is 4.92. The van der Waals surface area contributed by atoms with Crippen LogP contribution in [0, 0.1) is 5.41 Å². The van der Waals surface area contributed by atoms with Crippen LogP contribution in [0.2, 0.25) is 0 Å². The number of unbranched alkanes of at least 4 members (excludes halogenated alkanes) is 1. The van der Waals surface area contributed by atoms with Gasteiger partial charge >= 0.3 is 0 Å². The second-order valence-electron chi connectivity index (χ2n) is 3.47. The molecule has 0 amide bonds. The Morgan fingerprint density at radius 1 is 1.69 bits per heavy atom. The zero-order valence-electron chi connectivity index (χ0n) is 8.25. The number of hydrogen-bond donors (Lipinski definition) is 2. The molecule has 0 radical (unpaired) electrons. The van der Waals surface area contributed by atoms with Crippen LogP contribution in [-0.4, -0.2) is 43.1 Å². The molecule has 0 aliphatic carbocycles. The third kappa shape index (κ3) is 3.32. The van der Waals surface area contributed by atoms with Crippen molar-refractivity contribution in [2.24, 2.45) is 5.73 Å². The van der Waals surface area contributed by atoms with Gasteiger partial charge in [-0.2, -0.15) is 0 Å². The van der Waals surface area contributed by atoms with Crippen LogP contribution in [0.4, 0.5) is 0 Å². The van der Waals surface area contributed by atoms with Gasteiger partial charge in [-0.15, -0.1) is 0 Å². The van der Waals surface area contributed by atoms with Crippen LogP contribution >= 0.6 is 0 Å². The van der Waals surface area contributed by atoms with Gasteiger partial charge in [0.2, 0.25) is 0 Å². The predicted molar refractivity (Wildman–Crippen MR) is 53.0 cm³/mol. The second-order valence-corrected chi connectivity index (χ2v) is 3.47. The Bertz CT molecular complexity index is 172. The lowest BCUT2D eigenvalue weighted by Crippen LogP contribution is -2.48. The molecule has 1 aliphatic rings. The standard InChI is InChI=1S/C9H19N3O/c1-2-3-4-12-5-6-13-8(7-12)9(10)11/h8H,2-7H2,1H3,(H3,10,11). The fraction of sp³-hybridized carbons (Fsp3) is 0.889. The van der Waals surface area contributed by atoms with Gasteiger partial charge in [0.05, 0.1) is 6.61 Å². The molecular weight excluding hydrogens is 166 g/mol. The van der Waals surface area contributed by atoms with E-state index in [1.807, 2.05) is 0 Å². The van der Waals surface area contributed by atoms with Gasteiger partial charge in [0.1, 0.15) is 11.9 Å². The Balaban J connectivity index is 2.29. The van der Waals surface area contributed by atoms with E-state index in [4.69, 9.17) is 15.9 Å². The number of nitrogens with one attached hydrogen (secondary N) is 1. The van der Waals surface area contributed by atoms with Crippen LogP contribution in [0.3, 0.4) is 0 Å². The molecule has 1 unspecified atom stereocenters. The number of amidine groups is 1. The summed E-state index contributed by atoms with van der Waals surface area (Å²) in [5, 5.41) is 7.28. The smallest absolute Gasteiger partial charge is 0.127 e. The molecule has 0 spiro atoms. The molecule has 0 aromatic rings. The lowest BCUT2D eigenvalue weighted by atomic mass is 10.2. The van der Waals surface area contributed by atoms with E-state index in [-0.39, 0.29) is 11.9 Å². The van der Waals surface area contributed by atoms with Crippen molar-refractivity contribution in [1.82, 2.24) is 4.90 Å². The molecule has 13 heavy (non-hydrogen) atoms. The highest BCUT2D eigenvalue weighted by Gasteiger charge is 2.21. The fourth-order valence-corrected chi connectivity index (χ4v) is 1.48. The summed E-state index contributed by atoms with van der Waals surface area (Å²) in [6.45, 7) is 5.75. The van der Waals surface area contributed by atoms with Crippen molar-refractivity contribution in [2.45, 2.75) is 25.9 Å². The molecule has 1 atom stereocenters. The average molecular weight is 185 g/mol. The predicted octanol–water partition coefficient (Wildman–Crippen LogP) is 0.423. The van der Waals surface area contributed by atoms with Crippen molar-refractivity contribution in [3.8, 4) is 0 Å². The van der Waals surface area contributed by atoms with Crippen LogP contribution in [-0.2, 0) is 4.74 Å². The van der Waals surface area contributed by atoms with Crippen LogP contribution in [0.1, 0.15) is 19.8 Å². The van der Waals surface area contributed by atoms with Gasteiger partial charge in [0.15, 0.2) is 0 Å². The van der Waals surface area contributed by atoms with Gasteiger partial charge in [0, 0.05) is 13.1 Å². The summed E-state index contributed by atoms with van der Waals surface area (Å²) >= 11 is 0. The van der Waals surface area contributed by atoms with E-state index in [0.29, 0.717) is 6.61 Å². The zero-order chi connectivity index (χ0) is 9.68. The minimum atomic E-state index is -0.175. The quantitative estimate of drug-likeness (QED) is 0.493. The van der Waals surface area contributed by atoms with Crippen LogP contribution in [0.15, 0.2) is 0 Å². The minimum Gasteiger partial charge on any atom is -0.385 e. The molecule has 3 N–H and O–H groups in total. The Morgan fingerprint density at radius 2 is 2.46 bits per heavy atom. The maximum Gasteiger partial charge on any atom is 0.127 e. The molecule has 1 saturated heterocycles. The minimum absolute atomic E-state index is 0.154. The average Bonchev–Trinajstić information content (AvgIpc) is 2.15. The van der Waals surface area contributed by atoms with Crippen molar-refractivity contribution in [3.63, 3.8) is 0 Å². The number of nitrogens with zero attached hydrogens (tertiary/aromatic N) is 1. The molecule has 1 fully saturated rings. The molecule has 0 bridgehead atoms. The number of morpholine rings is 1. The summed E-state index contributed by atoms with van der Waals surface area (Å²) in [6, 6.07) is 0. The third-order valence-corrected chi connectivity index (χ3v) is 2.33. The molecule has 0 saturated carbocycles. The molecule has 1 heterocycles. The van der Waals surface area contributed by atoms with Crippen LogP contribution in [0.5, 0.6) is 0 Å². The summed E-state index contributed by atoms with van der Waals surface area (Å²) in [5.41, 5.74) is 5.39. The van der Waals surface area contributed by atoms with Crippen LogP contribution in [0.25, 0.3) is 0 Å². The first-order chi connectivity index (χ1) is 6.24. The summed E-state index contributed by atoms with van der Waals surface area (Å²) in [7, 11) is 0. The number of rotatable bonds is 4. The molecule has 76 valence electrons. The van der Waals surface area contributed by atoms with E-state index >= 15 is 0 Å². The number of ether oxygens (including phenoxy) is 1. The molecule has 4 heteroatoms. The Labute approximate surface area is 79.6 Å². The van der Waals surface area contributed by atoms with Gasteiger partial charge in [-0.05, 0) is 13.0 Å². The van der Waals surface area contributed by atoms with Crippen molar-refractivity contribution < 1.29 is 4.74 Å². The molecule has 0 aromatic heterocycles. The fourth-order valence-electron chi connectivity index (χ4n) is 1.48. The largest absolute Gasteiger partial charge is 0.385 e. The third-order valence-electron chi connectivity index (χ3n) is 2.33. The first-order valence-corrected chi connectivity index (χ1v) is 4.92. The van der Waals surface area contributed by atoms with Crippen molar-refractivity contribution >= 4 is 5.84 Å². The van der Waals surface area contributed by atoms with Crippen molar-refractivity contribution in [3.05, 3.63) is 0 Å². The Hall–Kier alpha value is -0.610. The van der Waals surface area contributed by atoms with E-state index in [1.54, 1.807) is 0 Å². The monoisotopic (exact) mass is 185 g/mol. The maximum absolute atomic E-state index is 7.28. The van der Waals surface area contributed by atoms with Crippen molar-refractivity contribution in [2.75, 3.05) is 26.2 Å². The van der Waals surface area contributed by atoms with Gasteiger partial charge in [0.25, 0.3) is 0 Å². The molecule has 4 nitrogen and oxygen atoms in total. The van der Waals surface area contributed by atoms with E-state index in [1.165, 1.54) is 12.8 Å². The lowest BCUT2D eigenvalue weighted by molar-refractivity contribution is 0.00528. The maximum atomic E-state index is 7.28. The normalized spacial score (nSPS) is 24.5. The molecule has 0 aromatic carbocycles. The Kier molecular flexibility index (Phi) is 4.18. The van der Waals surface area contributed by atoms with E-state index in [2.05, 4.69) is 11.8 Å². The van der Waals surface area contributed by atoms with Crippen LogP contribution < -0.4 is 5.73 Å². The van der Waals surface area contributed by atoms with E-state index < -0.39 is 0 Å². The number of nitrogens with two attached hydrogens (primary N) is 1. The highest BCUT2D eigenvalue weighted by atomic mass is 16.5. The Morgan fingerprint density at radius 3 is 3.08 bits per heavy atom. The molecule has 1 rings (SSSR count). The van der Waals surface area contributed by atoms with E-state index in [0.717, 1.165) is 19.6 Å². The lowest BCUT2D eigenvalue weighted by Gasteiger charge is -2.32. The van der Waals surface area contributed by atoms with E-state index in [9.17, 15) is 0 Å². The van der Waals surface area contributed by atoms with Crippen molar-refractivity contribution in [1.29, 1.82) is 5.41 Å². The highest BCUT2D eigenvalue weighted by molar-refractivity contribution is 5.82. The second kappa shape index (κ2) is 5.19. The first kappa shape index (κ1) is 10.5. The summed E-state index contributed by atoms with van der Waals surface area (Å²) in [6.07, 6.45) is 2.25. The topological polar surface area (TPSA) is 62.3 Å². The summed E-state index contributed by atoms with van der Waals surface area (Å²) < 4.78 is 5.36. The highest BCUT2D eigenvalue weighted by Crippen LogP contribution is 2.05. The van der Waals surface area contributed by atoms with Gasteiger partial charge in [-0.3, -0.25) is 10.3 Å². The molecule has 1 aliphatic heterocycles. The van der Waals surface area contributed by atoms with Gasteiger partial charge in [-0.1, -0.05) is 13.3 Å². The van der Waals surface area contributed by atoms with Gasteiger partial charge < -0.3 is 10.5 Å². The SMILES string of the molecule is CCCCN1CCOC(C(=N)N)C1. The van der Waals surface area contributed by atoms with Gasteiger partial charge in [-0.25, -0.2) is 0 Å². The number of hydrogen-bond acceptors (Lipinski definition) is 3. The summed E-state index contributed by atoms with van der Waals surface area (Å²) in [4.78, 5) is 2.32.